The molecule has 3 aromatic rings. The molecule has 0 aliphatic carbocycles. The van der Waals surface area contributed by atoms with Crippen LogP contribution in [0, 0.1) is 17.5 Å². The first-order valence-corrected chi connectivity index (χ1v) is 7.15. The second-order valence-electron chi connectivity index (χ2n) is 4.83. The van der Waals surface area contributed by atoms with Gasteiger partial charge in [0.05, 0.1) is 6.10 Å². The van der Waals surface area contributed by atoms with Gasteiger partial charge in [0.2, 0.25) is 0 Å². The Balaban J connectivity index is 1.87. The highest BCUT2D eigenvalue weighted by molar-refractivity contribution is 7.19. The van der Waals surface area contributed by atoms with Crippen LogP contribution in [0.5, 0.6) is 0 Å². The SMILES string of the molecule is OC(Cc1cc(F)cc(F)c1)c1cc2ccc(F)cc2s1. The molecule has 1 unspecified atom stereocenters. The van der Waals surface area contributed by atoms with Crippen molar-refractivity contribution in [3.05, 3.63) is 70.4 Å². The second-order valence-corrected chi connectivity index (χ2v) is 5.94. The number of aliphatic hydroxyl groups excluding tert-OH is 1. The van der Waals surface area contributed by atoms with E-state index in [-0.39, 0.29) is 12.2 Å². The first-order chi connectivity index (χ1) is 10.0. The van der Waals surface area contributed by atoms with E-state index in [4.69, 9.17) is 0 Å². The normalized spacial score (nSPS) is 12.8. The maximum atomic E-state index is 13.1. The molecule has 108 valence electrons. The van der Waals surface area contributed by atoms with Crippen molar-refractivity contribution in [3.63, 3.8) is 0 Å². The topological polar surface area (TPSA) is 20.2 Å². The molecule has 0 aliphatic heterocycles. The second kappa shape index (κ2) is 5.50. The summed E-state index contributed by atoms with van der Waals surface area (Å²) in [4.78, 5) is 0.639. The molecule has 1 atom stereocenters. The van der Waals surface area contributed by atoms with Crippen molar-refractivity contribution >= 4 is 21.4 Å². The van der Waals surface area contributed by atoms with E-state index in [0.29, 0.717) is 10.4 Å². The lowest BCUT2D eigenvalue weighted by Crippen LogP contribution is -2.00. The molecule has 1 aromatic heterocycles. The van der Waals surface area contributed by atoms with Gasteiger partial charge >= 0.3 is 0 Å². The van der Waals surface area contributed by atoms with Crippen molar-refractivity contribution in [3.8, 4) is 0 Å². The van der Waals surface area contributed by atoms with E-state index in [1.54, 1.807) is 12.1 Å². The van der Waals surface area contributed by atoms with E-state index >= 15 is 0 Å². The summed E-state index contributed by atoms with van der Waals surface area (Å²) in [5.74, 6) is -1.68. The molecule has 0 fully saturated rings. The minimum absolute atomic E-state index is 0.101. The van der Waals surface area contributed by atoms with Crippen LogP contribution in [-0.4, -0.2) is 5.11 Å². The Bertz CT molecular complexity index is 777. The Morgan fingerprint density at radius 2 is 1.62 bits per heavy atom. The molecule has 0 spiro atoms. The maximum Gasteiger partial charge on any atom is 0.126 e. The van der Waals surface area contributed by atoms with Gasteiger partial charge in [0.1, 0.15) is 17.5 Å². The van der Waals surface area contributed by atoms with Gasteiger partial charge in [0, 0.05) is 22.1 Å². The summed E-state index contributed by atoms with van der Waals surface area (Å²) in [6.07, 6.45) is -0.782. The molecular weight excluding hydrogens is 297 g/mol. The molecule has 3 rings (SSSR count). The summed E-state index contributed by atoms with van der Waals surface area (Å²) < 4.78 is 40.1. The number of thiophene rings is 1. The van der Waals surface area contributed by atoms with E-state index in [1.807, 2.05) is 0 Å². The number of aliphatic hydroxyl groups is 1. The standard InChI is InChI=1S/C16H11F3OS/c17-11-2-1-10-6-16(21-15(10)8-11)14(20)5-9-3-12(18)7-13(19)4-9/h1-4,6-8,14,20H,5H2. The molecule has 5 heteroatoms. The van der Waals surface area contributed by atoms with Crippen LogP contribution in [0.4, 0.5) is 13.2 Å². The molecule has 0 bridgehead atoms. The molecule has 0 saturated carbocycles. The molecule has 1 heterocycles. The Kier molecular flexibility index (Phi) is 3.69. The molecule has 2 aromatic carbocycles. The summed E-state index contributed by atoms with van der Waals surface area (Å²) in [5, 5.41) is 11.0. The molecular formula is C16H11F3OS. The van der Waals surface area contributed by atoms with E-state index in [2.05, 4.69) is 0 Å². The van der Waals surface area contributed by atoms with Crippen molar-refractivity contribution in [2.75, 3.05) is 0 Å². The zero-order chi connectivity index (χ0) is 15.0. The molecule has 0 radical (unpaired) electrons. The summed E-state index contributed by atoms with van der Waals surface area (Å²) in [7, 11) is 0. The van der Waals surface area contributed by atoms with Gasteiger partial charge in [-0.15, -0.1) is 11.3 Å². The number of hydrogen-bond acceptors (Lipinski definition) is 2. The van der Waals surface area contributed by atoms with Gasteiger partial charge in [-0.1, -0.05) is 6.07 Å². The first-order valence-electron chi connectivity index (χ1n) is 6.33. The molecule has 21 heavy (non-hydrogen) atoms. The number of hydrogen-bond donors (Lipinski definition) is 1. The number of halogens is 3. The fraction of sp³-hybridized carbons (Fsp3) is 0.125. The Morgan fingerprint density at radius 1 is 0.905 bits per heavy atom. The Labute approximate surface area is 123 Å². The van der Waals surface area contributed by atoms with Gasteiger partial charge in [-0.2, -0.15) is 0 Å². The number of rotatable bonds is 3. The van der Waals surface area contributed by atoms with Crippen molar-refractivity contribution in [1.82, 2.24) is 0 Å². The molecule has 0 amide bonds. The van der Waals surface area contributed by atoms with Gasteiger partial charge in [-0.25, -0.2) is 13.2 Å². The Morgan fingerprint density at radius 3 is 2.33 bits per heavy atom. The van der Waals surface area contributed by atoms with Crippen LogP contribution < -0.4 is 0 Å². The summed E-state index contributed by atoms with van der Waals surface area (Å²) in [6, 6.07) is 9.33. The molecule has 1 nitrogen and oxygen atoms in total. The van der Waals surface area contributed by atoms with E-state index in [1.165, 1.54) is 35.6 Å². The van der Waals surface area contributed by atoms with E-state index in [9.17, 15) is 18.3 Å². The van der Waals surface area contributed by atoms with Crippen molar-refractivity contribution in [1.29, 1.82) is 0 Å². The zero-order valence-corrected chi connectivity index (χ0v) is 11.6. The van der Waals surface area contributed by atoms with Crippen LogP contribution in [0.15, 0.2) is 42.5 Å². The molecule has 0 aliphatic rings. The van der Waals surface area contributed by atoms with Crippen molar-refractivity contribution in [2.24, 2.45) is 0 Å². The highest BCUT2D eigenvalue weighted by atomic mass is 32.1. The summed E-state index contributed by atoms with van der Waals surface area (Å²) in [5.41, 5.74) is 0.378. The van der Waals surface area contributed by atoms with Gasteiger partial charge in [-0.05, 0) is 41.3 Å². The summed E-state index contributed by atoms with van der Waals surface area (Å²) in [6.45, 7) is 0. The fourth-order valence-corrected chi connectivity index (χ4v) is 3.32. The monoisotopic (exact) mass is 308 g/mol. The van der Waals surface area contributed by atoms with Crippen molar-refractivity contribution < 1.29 is 18.3 Å². The van der Waals surface area contributed by atoms with E-state index in [0.717, 1.165) is 16.2 Å². The van der Waals surface area contributed by atoms with Crippen LogP contribution in [-0.2, 0) is 6.42 Å². The van der Waals surface area contributed by atoms with Gasteiger partial charge in [0.15, 0.2) is 0 Å². The first kappa shape index (κ1) is 14.1. The van der Waals surface area contributed by atoms with Gasteiger partial charge in [0.25, 0.3) is 0 Å². The third-order valence-electron chi connectivity index (χ3n) is 3.18. The highest BCUT2D eigenvalue weighted by Crippen LogP contribution is 2.32. The fourth-order valence-electron chi connectivity index (χ4n) is 2.24. The summed E-state index contributed by atoms with van der Waals surface area (Å²) >= 11 is 1.27. The average Bonchev–Trinajstić information content (AvgIpc) is 2.80. The smallest absolute Gasteiger partial charge is 0.126 e. The van der Waals surface area contributed by atoms with Crippen LogP contribution in [0.3, 0.4) is 0 Å². The Hall–Kier alpha value is -1.85. The molecule has 0 saturated heterocycles. The van der Waals surface area contributed by atoms with Gasteiger partial charge in [-0.3, -0.25) is 0 Å². The van der Waals surface area contributed by atoms with Gasteiger partial charge < -0.3 is 5.11 Å². The van der Waals surface area contributed by atoms with Crippen LogP contribution in [0.1, 0.15) is 16.5 Å². The zero-order valence-electron chi connectivity index (χ0n) is 10.8. The largest absolute Gasteiger partial charge is 0.387 e. The number of benzene rings is 2. The average molecular weight is 308 g/mol. The minimum atomic E-state index is -0.883. The maximum absolute atomic E-state index is 13.1. The van der Waals surface area contributed by atoms with Crippen LogP contribution in [0.2, 0.25) is 0 Å². The lowest BCUT2D eigenvalue weighted by Gasteiger charge is -2.08. The highest BCUT2D eigenvalue weighted by Gasteiger charge is 2.14. The third-order valence-corrected chi connectivity index (χ3v) is 4.38. The predicted octanol–water partition coefficient (Wildman–Crippen LogP) is 4.59. The number of fused-ring (bicyclic) bond motifs is 1. The quantitative estimate of drug-likeness (QED) is 0.750. The van der Waals surface area contributed by atoms with E-state index < -0.39 is 17.7 Å². The van der Waals surface area contributed by atoms with Crippen molar-refractivity contribution in [2.45, 2.75) is 12.5 Å². The van der Waals surface area contributed by atoms with Crippen LogP contribution in [0.25, 0.3) is 10.1 Å². The third kappa shape index (κ3) is 3.09. The minimum Gasteiger partial charge on any atom is -0.387 e. The van der Waals surface area contributed by atoms with Crippen LogP contribution >= 0.6 is 11.3 Å². The predicted molar refractivity (Wildman–Crippen MR) is 76.8 cm³/mol. The lowest BCUT2D eigenvalue weighted by molar-refractivity contribution is 0.182. The lowest BCUT2D eigenvalue weighted by atomic mass is 10.1. The molecule has 1 N–H and O–H groups in total.